The number of ether oxygens (including phenoxy) is 2. The Labute approximate surface area is 164 Å². The minimum Gasteiger partial charge on any atom is -0.493 e. The maximum absolute atomic E-state index is 13.8. The Balaban J connectivity index is 2.22. The Morgan fingerprint density at radius 3 is 2.54 bits per heavy atom. The third kappa shape index (κ3) is 4.98. The fraction of sp³-hybridized carbons (Fsp3) is 0.158. The molecule has 28 heavy (non-hydrogen) atoms. The molecule has 0 atom stereocenters. The van der Waals surface area contributed by atoms with Crippen LogP contribution in [0.3, 0.4) is 0 Å². The van der Waals surface area contributed by atoms with Crippen molar-refractivity contribution in [1.82, 2.24) is 0 Å². The minimum atomic E-state index is -1.12. The number of hydrogen-bond acceptors (Lipinski definition) is 4. The van der Waals surface area contributed by atoms with Gasteiger partial charge in [0.15, 0.2) is 11.5 Å². The third-order valence-electron chi connectivity index (χ3n) is 3.55. The first-order chi connectivity index (χ1) is 13.3. The van der Waals surface area contributed by atoms with Crippen LogP contribution in [0.4, 0.5) is 14.5 Å². The van der Waals surface area contributed by atoms with Gasteiger partial charge in [0.1, 0.15) is 11.6 Å². The van der Waals surface area contributed by atoms with Crippen molar-refractivity contribution in [1.29, 1.82) is 0 Å². The van der Waals surface area contributed by atoms with Crippen LogP contribution in [-0.4, -0.2) is 25.5 Å². The fourth-order valence-electron chi connectivity index (χ4n) is 2.30. The van der Waals surface area contributed by atoms with Crippen molar-refractivity contribution in [3.8, 4) is 11.5 Å². The van der Waals surface area contributed by atoms with Gasteiger partial charge in [-0.3, -0.25) is 9.59 Å². The molecule has 2 rings (SSSR count). The van der Waals surface area contributed by atoms with E-state index < -0.39 is 29.0 Å². The summed E-state index contributed by atoms with van der Waals surface area (Å²) in [7, 11) is 1.45. The first-order valence-electron chi connectivity index (χ1n) is 8.05. The van der Waals surface area contributed by atoms with Crippen molar-refractivity contribution in [2.45, 2.75) is 6.92 Å². The Morgan fingerprint density at radius 2 is 1.93 bits per heavy atom. The summed E-state index contributed by atoms with van der Waals surface area (Å²) in [4.78, 5) is 23.2. The number of hydrogen-bond donors (Lipinski definition) is 2. The Bertz CT molecular complexity index is 948. The van der Waals surface area contributed by atoms with E-state index in [9.17, 15) is 18.4 Å². The second-order valence-corrected chi connectivity index (χ2v) is 5.87. The van der Waals surface area contributed by atoms with Crippen molar-refractivity contribution >= 4 is 35.2 Å². The minimum absolute atomic E-state index is 0.289. The molecule has 2 aromatic carbocycles. The van der Waals surface area contributed by atoms with Gasteiger partial charge >= 0.3 is 0 Å². The highest BCUT2D eigenvalue weighted by molar-refractivity contribution is 6.32. The molecule has 0 heterocycles. The van der Waals surface area contributed by atoms with Crippen LogP contribution in [0, 0.1) is 11.6 Å². The lowest BCUT2D eigenvalue weighted by molar-refractivity contribution is -0.111. The molecule has 0 spiro atoms. The van der Waals surface area contributed by atoms with Gasteiger partial charge in [-0.25, -0.2) is 8.78 Å². The van der Waals surface area contributed by atoms with E-state index >= 15 is 0 Å². The van der Waals surface area contributed by atoms with Gasteiger partial charge in [-0.05, 0) is 36.8 Å². The first kappa shape index (κ1) is 21.2. The van der Waals surface area contributed by atoms with Gasteiger partial charge in [0.2, 0.25) is 5.91 Å². The number of nitrogens with two attached hydrogens (primary N) is 1. The van der Waals surface area contributed by atoms with Crippen LogP contribution in [0.1, 0.15) is 22.8 Å². The molecule has 0 aromatic heterocycles. The van der Waals surface area contributed by atoms with E-state index in [2.05, 4.69) is 5.32 Å². The highest BCUT2D eigenvalue weighted by Crippen LogP contribution is 2.36. The number of carbonyl (C=O) groups excluding carboxylic acids is 2. The number of nitrogens with one attached hydrogen (secondary N) is 1. The van der Waals surface area contributed by atoms with Crippen molar-refractivity contribution < 1.29 is 27.8 Å². The van der Waals surface area contributed by atoms with Crippen LogP contribution in [0.2, 0.25) is 5.02 Å². The highest BCUT2D eigenvalue weighted by Gasteiger charge is 2.15. The summed E-state index contributed by atoms with van der Waals surface area (Å²) in [5, 5.41) is 2.50. The zero-order valence-corrected chi connectivity index (χ0v) is 15.8. The number of methoxy groups -OCH3 is 1. The Hall–Kier alpha value is -3.13. The van der Waals surface area contributed by atoms with E-state index in [1.807, 2.05) is 0 Å². The average molecular weight is 411 g/mol. The summed E-state index contributed by atoms with van der Waals surface area (Å²) in [5.74, 6) is -3.21. The number of anilines is 1. The number of benzene rings is 2. The summed E-state index contributed by atoms with van der Waals surface area (Å²) in [6.45, 7) is 2.19. The van der Waals surface area contributed by atoms with Gasteiger partial charge in [-0.2, -0.15) is 0 Å². The second kappa shape index (κ2) is 9.18. The molecule has 0 aliphatic heterocycles. The number of rotatable bonds is 7. The molecule has 0 unspecified atom stereocenters. The monoisotopic (exact) mass is 410 g/mol. The molecule has 148 valence electrons. The van der Waals surface area contributed by atoms with E-state index in [0.29, 0.717) is 29.7 Å². The van der Waals surface area contributed by atoms with E-state index in [1.54, 1.807) is 19.1 Å². The zero-order chi connectivity index (χ0) is 20.8. The molecule has 0 bridgehead atoms. The van der Waals surface area contributed by atoms with Gasteiger partial charge < -0.3 is 20.5 Å². The fourth-order valence-corrected chi connectivity index (χ4v) is 2.57. The van der Waals surface area contributed by atoms with Gasteiger partial charge in [-0.1, -0.05) is 11.6 Å². The van der Waals surface area contributed by atoms with Gasteiger partial charge in [0.05, 0.1) is 30.0 Å². The highest BCUT2D eigenvalue weighted by atomic mass is 35.5. The number of primary amides is 1. The SMILES string of the molecule is CCOc1c(Cl)cc(/C=C/C(=O)Nc2cc(C(N)=O)c(F)cc2F)cc1OC. The summed E-state index contributed by atoms with van der Waals surface area (Å²) in [6.07, 6.45) is 2.52. The molecule has 0 fully saturated rings. The average Bonchev–Trinajstić information content (AvgIpc) is 2.63. The molecular weight excluding hydrogens is 394 g/mol. The standard InChI is InChI=1S/C19H17ClF2N2O4/c1-3-28-18-12(20)6-10(7-16(18)27-2)4-5-17(25)24-15-8-11(19(23)26)13(21)9-14(15)22/h4-9H,3H2,1-2H3,(H2,23,26)(H,24,25)/b5-4+. The Morgan fingerprint density at radius 1 is 1.21 bits per heavy atom. The van der Waals surface area contributed by atoms with Gasteiger partial charge in [0.25, 0.3) is 5.91 Å². The van der Waals surface area contributed by atoms with Crippen LogP contribution in [0.5, 0.6) is 11.5 Å². The maximum Gasteiger partial charge on any atom is 0.251 e. The molecule has 0 aliphatic carbocycles. The van der Waals surface area contributed by atoms with Crippen molar-refractivity contribution in [3.05, 3.63) is 58.1 Å². The first-order valence-corrected chi connectivity index (χ1v) is 8.42. The molecule has 2 aromatic rings. The van der Waals surface area contributed by atoms with Crippen LogP contribution in [0.15, 0.2) is 30.3 Å². The molecule has 0 saturated carbocycles. The van der Waals surface area contributed by atoms with Crippen molar-refractivity contribution in [2.24, 2.45) is 5.73 Å². The molecule has 2 amide bonds. The van der Waals surface area contributed by atoms with Crippen LogP contribution < -0.4 is 20.5 Å². The number of carbonyl (C=O) groups is 2. The lowest BCUT2D eigenvalue weighted by Crippen LogP contribution is -2.16. The lowest BCUT2D eigenvalue weighted by Gasteiger charge is -2.12. The molecular formula is C19H17ClF2N2O4. The summed E-state index contributed by atoms with van der Waals surface area (Å²) < 4.78 is 37.9. The lowest BCUT2D eigenvalue weighted by atomic mass is 10.1. The van der Waals surface area contributed by atoms with Crippen LogP contribution in [-0.2, 0) is 4.79 Å². The van der Waals surface area contributed by atoms with E-state index in [0.717, 1.165) is 12.1 Å². The number of amides is 2. The molecule has 3 N–H and O–H groups in total. The van der Waals surface area contributed by atoms with Gasteiger partial charge in [-0.15, -0.1) is 0 Å². The topological polar surface area (TPSA) is 90.6 Å². The third-order valence-corrected chi connectivity index (χ3v) is 3.83. The molecule has 0 saturated heterocycles. The smallest absolute Gasteiger partial charge is 0.251 e. The predicted octanol–water partition coefficient (Wildman–Crippen LogP) is 3.78. The maximum atomic E-state index is 13.8. The van der Waals surface area contributed by atoms with Crippen LogP contribution >= 0.6 is 11.6 Å². The summed E-state index contributed by atoms with van der Waals surface area (Å²) >= 11 is 6.15. The van der Waals surface area contributed by atoms with Gasteiger partial charge in [0, 0.05) is 12.1 Å². The molecule has 9 heteroatoms. The van der Waals surface area contributed by atoms with Crippen molar-refractivity contribution in [2.75, 3.05) is 19.0 Å². The number of halogens is 3. The Kier molecular flexibility index (Phi) is 6.94. The molecule has 0 radical (unpaired) electrons. The van der Waals surface area contributed by atoms with Crippen LogP contribution in [0.25, 0.3) is 6.08 Å². The predicted molar refractivity (Wildman–Crippen MR) is 102 cm³/mol. The summed E-state index contributed by atoms with van der Waals surface area (Å²) in [5.41, 5.74) is 4.62. The van der Waals surface area contributed by atoms with Crippen molar-refractivity contribution in [3.63, 3.8) is 0 Å². The van der Waals surface area contributed by atoms with E-state index in [4.69, 9.17) is 26.8 Å². The molecule has 6 nitrogen and oxygen atoms in total. The van der Waals surface area contributed by atoms with E-state index in [-0.39, 0.29) is 10.7 Å². The normalized spacial score (nSPS) is 10.8. The zero-order valence-electron chi connectivity index (χ0n) is 15.0. The molecule has 0 aliphatic rings. The summed E-state index contributed by atoms with van der Waals surface area (Å²) in [6, 6.07) is 4.46. The van der Waals surface area contributed by atoms with E-state index in [1.165, 1.54) is 13.2 Å². The quantitative estimate of drug-likeness (QED) is 0.680. The second-order valence-electron chi connectivity index (χ2n) is 5.47. The largest absolute Gasteiger partial charge is 0.493 e.